The highest BCUT2D eigenvalue weighted by atomic mass is 16.8. The second kappa shape index (κ2) is 5.16. The van der Waals surface area contributed by atoms with Crippen LogP contribution in [-0.4, -0.2) is 46.5 Å². The van der Waals surface area contributed by atoms with Gasteiger partial charge in [-0.2, -0.15) is 0 Å². The van der Waals surface area contributed by atoms with Gasteiger partial charge in [-0.05, 0) is 12.1 Å². The fraction of sp³-hybridized carbons (Fsp3) is 0.417. The maximum absolute atomic E-state index is 11.3. The van der Waals surface area contributed by atoms with Crippen LogP contribution in [0.1, 0.15) is 0 Å². The summed E-state index contributed by atoms with van der Waals surface area (Å²) in [4.78, 5) is 16.0. The summed E-state index contributed by atoms with van der Waals surface area (Å²) < 4.78 is 5.70. The van der Waals surface area contributed by atoms with Crippen LogP contribution in [0.15, 0.2) is 24.3 Å². The zero-order valence-electron chi connectivity index (χ0n) is 10.9. The van der Waals surface area contributed by atoms with Crippen molar-refractivity contribution < 1.29 is 14.4 Å². The van der Waals surface area contributed by atoms with E-state index in [9.17, 15) is 4.79 Å². The highest BCUT2D eigenvalue weighted by molar-refractivity contribution is 5.64. The van der Waals surface area contributed by atoms with Crippen LogP contribution < -0.4 is 9.22 Å². The lowest BCUT2D eigenvalue weighted by atomic mass is 10.2. The number of quaternary nitrogens is 1. The van der Waals surface area contributed by atoms with Gasteiger partial charge in [0.1, 0.15) is 11.4 Å². The Morgan fingerprint density at radius 3 is 2.41 bits per heavy atom. The van der Waals surface area contributed by atoms with Crippen LogP contribution in [0.2, 0.25) is 0 Å². The maximum atomic E-state index is 11.3. The summed E-state index contributed by atoms with van der Waals surface area (Å²) >= 11 is 0. The molecule has 0 saturated heterocycles. The highest BCUT2D eigenvalue weighted by Crippen LogP contribution is 2.23. The van der Waals surface area contributed by atoms with Gasteiger partial charge in [-0.3, -0.25) is 4.48 Å². The quantitative estimate of drug-likeness (QED) is 0.349. The number of hydroxylamine groups is 2. The van der Waals surface area contributed by atoms with Gasteiger partial charge in [-0.15, -0.1) is 5.06 Å². The number of carbonyl (C=O) groups excluding carboxylic acids is 1. The summed E-state index contributed by atoms with van der Waals surface area (Å²) in [6.45, 7) is 0. The van der Waals surface area contributed by atoms with Crippen molar-refractivity contribution in [3.8, 4) is 5.75 Å². The SMILES string of the molecule is CN(C)OC(=O)Oc1cccc([N+](C)(C)C)c1. The molecule has 17 heavy (non-hydrogen) atoms. The second-order valence-electron chi connectivity index (χ2n) is 4.77. The maximum Gasteiger partial charge on any atom is 0.533 e. The molecule has 1 aromatic carbocycles. The van der Waals surface area contributed by atoms with Gasteiger partial charge in [-0.1, -0.05) is 6.07 Å². The van der Waals surface area contributed by atoms with Crippen molar-refractivity contribution in [2.24, 2.45) is 0 Å². The number of nitrogens with zero attached hydrogens (tertiary/aromatic N) is 2. The molecule has 94 valence electrons. The first-order chi connectivity index (χ1) is 7.79. The number of rotatable bonds is 3. The standard InChI is InChI=1S/C12H19N2O3/c1-13(2)17-12(15)16-11-8-6-7-10(9-11)14(3,4)5/h6-9H,1-5H3/q+1. The van der Waals surface area contributed by atoms with E-state index in [4.69, 9.17) is 9.57 Å². The number of ether oxygens (including phenoxy) is 1. The predicted molar refractivity (Wildman–Crippen MR) is 66.8 cm³/mol. The predicted octanol–water partition coefficient (Wildman–Crippen LogP) is 1.88. The van der Waals surface area contributed by atoms with E-state index in [0.717, 1.165) is 5.69 Å². The van der Waals surface area contributed by atoms with Gasteiger partial charge >= 0.3 is 6.16 Å². The summed E-state index contributed by atoms with van der Waals surface area (Å²) in [6.07, 6.45) is -0.742. The van der Waals surface area contributed by atoms with E-state index in [1.807, 2.05) is 39.3 Å². The van der Waals surface area contributed by atoms with Gasteiger partial charge < -0.3 is 9.57 Å². The minimum Gasteiger partial charge on any atom is -0.394 e. The lowest BCUT2D eigenvalue weighted by Crippen LogP contribution is -2.34. The normalized spacial score (nSPS) is 11.4. The molecule has 0 aliphatic carbocycles. The molecule has 0 aliphatic rings. The monoisotopic (exact) mass is 239 g/mol. The third-order valence-corrected chi connectivity index (χ3v) is 2.05. The van der Waals surface area contributed by atoms with Gasteiger partial charge in [0.25, 0.3) is 0 Å². The molecule has 0 saturated carbocycles. The Labute approximate surface area is 102 Å². The summed E-state index contributed by atoms with van der Waals surface area (Å²) in [6, 6.07) is 7.36. The molecule has 0 heterocycles. The fourth-order valence-corrected chi connectivity index (χ4v) is 1.23. The Bertz CT molecular complexity index is 397. The van der Waals surface area contributed by atoms with Gasteiger partial charge in [0, 0.05) is 20.2 Å². The zero-order chi connectivity index (χ0) is 13.1. The van der Waals surface area contributed by atoms with Crippen LogP contribution in [0.25, 0.3) is 0 Å². The minimum atomic E-state index is -0.742. The first kappa shape index (κ1) is 13.5. The molecule has 0 aliphatic heterocycles. The molecule has 0 N–H and O–H groups in total. The molecule has 0 radical (unpaired) electrons. The number of hydrogen-bond acceptors (Lipinski definition) is 4. The molecular weight excluding hydrogens is 220 g/mol. The lowest BCUT2D eigenvalue weighted by molar-refractivity contribution is -0.0757. The van der Waals surface area contributed by atoms with Crippen LogP contribution in [0.4, 0.5) is 10.5 Å². The van der Waals surface area contributed by atoms with Gasteiger partial charge in [-0.25, -0.2) is 4.79 Å². The summed E-state index contributed by atoms with van der Waals surface area (Å²) in [5.41, 5.74) is 1.04. The van der Waals surface area contributed by atoms with E-state index in [1.54, 1.807) is 20.2 Å². The minimum absolute atomic E-state index is 0.474. The van der Waals surface area contributed by atoms with Crippen molar-refractivity contribution in [3.05, 3.63) is 24.3 Å². The fourth-order valence-electron chi connectivity index (χ4n) is 1.23. The Kier molecular flexibility index (Phi) is 4.09. The Morgan fingerprint density at radius 1 is 1.24 bits per heavy atom. The molecule has 1 rings (SSSR count). The number of benzene rings is 1. The van der Waals surface area contributed by atoms with E-state index in [2.05, 4.69) is 0 Å². The molecular formula is C12H19N2O3+. The van der Waals surface area contributed by atoms with Gasteiger partial charge in [0.15, 0.2) is 0 Å². The zero-order valence-corrected chi connectivity index (χ0v) is 10.9. The molecule has 5 heteroatoms. The number of carbonyl (C=O) groups is 1. The van der Waals surface area contributed by atoms with Gasteiger partial charge in [0.05, 0.1) is 21.1 Å². The molecule has 0 unspecified atom stereocenters. The van der Waals surface area contributed by atoms with Crippen LogP contribution in [-0.2, 0) is 4.84 Å². The summed E-state index contributed by atoms with van der Waals surface area (Å²) in [5, 5.41) is 1.28. The third-order valence-electron chi connectivity index (χ3n) is 2.05. The third kappa shape index (κ3) is 4.42. The highest BCUT2D eigenvalue weighted by Gasteiger charge is 2.14. The van der Waals surface area contributed by atoms with Crippen molar-refractivity contribution in [2.75, 3.05) is 35.2 Å². The molecule has 5 nitrogen and oxygen atoms in total. The van der Waals surface area contributed by atoms with E-state index in [0.29, 0.717) is 10.2 Å². The lowest BCUT2D eigenvalue weighted by Gasteiger charge is -2.23. The van der Waals surface area contributed by atoms with Crippen LogP contribution in [0.3, 0.4) is 0 Å². The molecule has 0 aromatic heterocycles. The van der Waals surface area contributed by atoms with Crippen molar-refractivity contribution in [3.63, 3.8) is 0 Å². The van der Waals surface area contributed by atoms with E-state index >= 15 is 0 Å². The van der Waals surface area contributed by atoms with E-state index in [1.165, 1.54) is 5.06 Å². The average molecular weight is 239 g/mol. The van der Waals surface area contributed by atoms with Crippen LogP contribution >= 0.6 is 0 Å². The Morgan fingerprint density at radius 2 is 1.88 bits per heavy atom. The molecule has 1 aromatic rings. The first-order valence-electron chi connectivity index (χ1n) is 5.28. The molecule has 0 atom stereocenters. The van der Waals surface area contributed by atoms with E-state index in [-0.39, 0.29) is 0 Å². The van der Waals surface area contributed by atoms with Crippen molar-refractivity contribution in [2.45, 2.75) is 0 Å². The number of hydrogen-bond donors (Lipinski definition) is 0. The van der Waals surface area contributed by atoms with Crippen molar-refractivity contribution in [1.29, 1.82) is 0 Å². The van der Waals surface area contributed by atoms with Gasteiger partial charge in [0.2, 0.25) is 0 Å². The Balaban J connectivity index is 2.76. The van der Waals surface area contributed by atoms with Crippen LogP contribution in [0.5, 0.6) is 5.75 Å². The molecule has 0 amide bonds. The topological polar surface area (TPSA) is 38.8 Å². The van der Waals surface area contributed by atoms with Crippen molar-refractivity contribution in [1.82, 2.24) is 9.55 Å². The molecule has 0 fully saturated rings. The first-order valence-corrected chi connectivity index (χ1v) is 5.28. The molecule has 0 bridgehead atoms. The smallest absolute Gasteiger partial charge is 0.394 e. The summed E-state index contributed by atoms with van der Waals surface area (Å²) in [5.74, 6) is 0.474. The van der Waals surface area contributed by atoms with Crippen molar-refractivity contribution >= 4 is 11.8 Å². The second-order valence-corrected chi connectivity index (χ2v) is 4.77. The average Bonchev–Trinajstić information content (AvgIpc) is 2.15. The summed E-state index contributed by atoms with van der Waals surface area (Å²) in [7, 11) is 9.35. The largest absolute Gasteiger partial charge is 0.533 e. The van der Waals surface area contributed by atoms with Crippen LogP contribution in [0, 0.1) is 0 Å². The molecule has 0 spiro atoms. The van der Waals surface area contributed by atoms with E-state index < -0.39 is 6.16 Å². The Hall–Kier alpha value is -1.59.